The summed E-state index contributed by atoms with van der Waals surface area (Å²) < 4.78 is 13.2. The molecule has 0 N–H and O–H groups in total. The van der Waals surface area contributed by atoms with Crippen LogP contribution in [0, 0.1) is 15.9 Å². The smallest absolute Gasteiger partial charge is 0.294 e. The van der Waals surface area contributed by atoms with Crippen molar-refractivity contribution in [3.63, 3.8) is 0 Å². The molecule has 8 heteroatoms. The number of nitrogens with zero attached hydrogens (tertiary/aromatic N) is 3. The summed E-state index contributed by atoms with van der Waals surface area (Å²) in [5.41, 5.74) is 1.27. The lowest BCUT2D eigenvalue weighted by molar-refractivity contribution is -0.384. The van der Waals surface area contributed by atoms with E-state index in [1.54, 1.807) is 29.2 Å². The van der Waals surface area contributed by atoms with E-state index in [2.05, 4.69) is 0 Å². The van der Waals surface area contributed by atoms with E-state index in [1.165, 1.54) is 18.2 Å². The van der Waals surface area contributed by atoms with Gasteiger partial charge in [0.25, 0.3) is 5.69 Å². The average molecular weight is 392 g/mol. The highest BCUT2D eigenvalue weighted by Crippen LogP contribution is 2.31. The van der Waals surface area contributed by atoms with Crippen LogP contribution in [0.15, 0.2) is 42.5 Å². The van der Waals surface area contributed by atoms with Gasteiger partial charge in [0, 0.05) is 43.7 Å². The van der Waals surface area contributed by atoms with E-state index in [9.17, 15) is 19.3 Å². The fourth-order valence-electron chi connectivity index (χ4n) is 3.21. The lowest BCUT2D eigenvalue weighted by Crippen LogP contribution is -2.49. The van der Waals surface area contributed by atoms with Crippen LogP contribution in [-0.2, 0) is 11.2 Å². The molecule has 1 heterocycles. The van der Waals surface area contributed by atoms with Crippen LogP contribution in [0.2, 0.25) is 5.02 Å². The first-order valence-electron chi connectivity index (χ1n) is 8.65. The molecule has 0 unspecified atom stereocenters. The van der Waals surface area contributed by atoms with Gasteiger partial charge < -0.3 is 9.80 Å². The van der Waals surface area contributed by atoms with Gasteiger partial charge in [0.2, 0.25) is 5.91 Å². The molecule has 0 bridgehead atoms. The summed E-state index contributed by atoms with van der Waals surface area (Å²) in [7, 11) is 0. The van der Waals surface area contributed by atoms with Gasteiger partial charge in [-0.15, -0.1) is 0 Å². The minimum absolute atomic E-state index is 0.00418. The van der Waals surface area contributed by atoms with Crippen molar-refractivity contribution in [1.82, 2.24) is 4.90 Å². The Balaban J connectivity index is 1.57. The molecule has 142 valence electrons. The molecular weight excluding hydrogens is 373 g/mol. The number of aryl methyl sites for hydroxylation is 1. The monoisotopic (exact) mass is 391 g/mol. The number of nitro groups is 1. The largest absolute Gasteiger partial charge is 0.362 e. The van der Waals surface area contributed by atoms with Crippen LogP contribution >= 0.6 is 11.6 Å². The Kier molecular flexibility index (Phi) is 5.91. The SMILES string of the molecule is O=C(CCc1cccc(F)c1)N1CCN(c2ccc(Cl)cc2[N+](=O)[O-])CC1. The van der Waals surface area contributed by atoms with Crippen molar-refractivity contribution in [2.24, 2.45) is 0 Å². The molecule has 1 saturated heterocycles. The Hall–Kier alpha value is -2.67. The molecule has 0 aromatic heterocycles. The molecule has 1 aliphatic rings. The van der Waals surface area contributed by atoms with Gasteiger partial charge in [-0.1, -0.05) is 23.7 Å². The second kappa shape index (κ2) is 8.35. The maximum atomic E-state index is 13.2. The quantitative estimate of drug-likeness (QED) is 0.576. The van der Waals surface area contributed by atoms with Gasteiger partial charge in [-0.3, -0.25) is 14.9 Å². The Morgan fingerprint density at radius 2 is 1.89 bits per heavy atom. The van der Waals surface area contributed by atoms with Gasteiger partial charge in [-0.2, -0.15) is 0 Å². The summed E-state index contributed by atoms with van der Waals surface area (Å²) >= 11 is 5.86. The van der Waals surface area contributed by atoms with Gasteiger partial charge >= 0.3 is 0 Å². The third-order valence-corrected chi connectivity index (χ3v) is 4.86. The van der Waals surface area contributed by atoms with Gasteiger partial charge in [-0.05, 0) is 36.2 Å². The zero-order chi connectivity index (χ0) is 19.4. The number of hydrogen-bond donors (Lipinski definition) is 0. The maximum Gasteiger partial charge on any atom is 0.294 e. The van der Waals surface area contributed by atoms with Crippen LogP contribution in [0.4, 0.5) is 15.8 Å². The van der Waals surface area contributed by atoms with Gasteiger partial charge in [0.15, 0.2) is 0 Å². The highest BCUT2D eigenvalue weighted by Gasteiger charge is 2.25. The lowest BCUT2D eigenvalue weighted by atomic mass is 10.1. The number of nitro benzene ring substituents is 1. The van der Waals surface area contributed by atoms with Crippen LogP contribution in [-0.4, -0.2) is 41.9 Å². The number of benzene rings is 2. The molecule has 3 rings (SSSR count). The van der Waals surface area contributed by atoms with Crippen molar-refractivity contribution >= 4 is 28.9 Å². The van der Waals surface area contributed by atoms with Gasteiger partial charge in [0.1, 0.15) is 11.5 Å². The number of piperazine rings is 1. The first-order chi connectivity index (χ1) is 12.9. The molecule has 1 fully saturated rings. The van der Waals surface area contributed by atoms with Crippen LogP contribution in [0.25, 0.3) is 0 Å². The first kappa shape index (κ1) is 19.1. The van der Waals surface area contributed by atoms with Crippen LogP contribution in [0.3, 0.4) is 0 Å². The highest BCUT2D eigenvalue weighted by molar-refractivity contribution is 6.30. The molecule has 6 nitrogen and oxygen atoms in total. The van der Waals surface area contributed by atoms with Gasteiger partial charge in [0.05, 0.1) is 4.92 Å². The zero-order valence-electron chi connectivity index (χ0n) is 14.6. The Morgan fingerprint density at radius 1 is 1.15 bits per heavy atom. The Labute approximate surface area is 161 Å². The molecular formula is C19H19ClFN3O3. The second-order valence-corrected chi connectivity index (χ2v) is 6.82. The zero-order valence-corrected chi connectivity index (χ0v) is 15.4. The van der Waals surface area contributed by atoms with Crippen LogP contribution in [0.1, 0.15) is 12.0 Å². The summed E-state index contributed by atoms with van der Waals surface area (Å²) in [6.45, 7) is 1.99. The fourth-order valence-corrected chi connectivity index (χ4v) is 3.38. The van der Waals surface area contributed by atoms with Crippen molar-refractivity contribution in [2.75, 3.05) is 31.1 Å². The number of carbonyl (C=O) groups is 1. The summed E-state index contributed by atoms with van der Waals surface area (Å²) in [6, 6.07) is 10.8. The summed E-state index contributed by atoms with van der Waals surface area (Å²) in [6.07, 6.45) is 0.796. The van der Waals surface area contributed by atoms with Crippen molar-refractivity contribution in [2.45, 2.75) is 12.8 Å². The molecule has 0 spiro atoms. The third-order valence-electron chi connectivity index (χ3n) is 4.62. The minimum atomic E-state index is -0.447. The van der Waals surface area contributed by atoms with E-state index in [4.69, 9.17) is 11.6 Å². The van der Waals surface area contributed by atoms with E-state index in [1.807, 2.05) is 4.90 Å². The van der Waals surface area contributed by atoms with Crippen molar-refractivity contribution < 1.29 is 14.1 Å². The number of hydrogen-bond acceptors (Lipinski definition) is 4. The van der Waals surface area contributed by atoms with E-state index >= 15 is 0 Å². The van der Waals surface area contributed by atoms with Crippen molar-refractivity contribution in [3.05, 3.63) is 69.0 Å². The molecule has 2 aromatic carbocycles. The van der Waals surface area contributed by atoms with Crippen LogP contribution in [0.5, 0.6) is 0 Å². The number of rotatable bonds is 5. The first-order valence-corrected chi connectivity index (χ1v) is 9.03. The minimum Gasteiger partial charge on any atom is -0.362 e. The molecule has 1 amide bonds. The number of halogens is 2. The van der Waals surface area contributed by atoms with Crippen molar-refractivity contribution in [3.8, 4) is 0 Å². The third kappa shape index (κ3) is 4.74. The summed E-state index contributed by atoms with van der Waals surface area (Å²) in [4.78, 5) is 26.9. The summed E-state index contributed by atoms with van der Waals surface area (Å²) in [5.74, 6) is -0.303. The lowest BCUT2D eigenvalue weighted by Gasteiger charge is -2.36. The van der Waals surface area contributed by atoms with E-state index in [-0.39, 0.29) is 17.4 Å². The molecule has 0 aliphatic carbocycles. The van der Waals surface area contributed by atoms with Crippen LogP contribution < -0.4 is 4.90 Å². The highest BCUT2D eigenvalue weighted by atomic mass is 35.5. The van der Waals surface area contributed by atoms with E-state index in [0.717, 1.165) is 5.56 Å². The average Bonchev–Trinajstić information content (AvgIpc) is 2.66. The number of carbonyl (C=O) groups excluding carboxylic acids is 1. The molecule has 0 atom stereocenters. The Bertz CT molecular complexity index is 854. The molecule has 1 aliphatic heterocycles. The fraction of sp³-hybridized carbons (Fsp3) is 0.316. The molecule has 0 radical (unpaired) electrons. The predicted molar refractivity (Wildman–Crippen MR) is 102 cm³/mol. The standard InChI is InChI=1S/C19H19ClFN3O3/c20-15-5-6-17(18(13-15)24(26)27)22-8-10-23(11-9-22)19(25)7-4-14-2-1-3-16(21)12-14/h1-3,5-6,12-13H,4,7-11H2. The summed E-state index contributed by atoms with van der Waals surface area (Å²) in [5, 5.41) is 11.6. The molecule has 27 heavy (non-hydrogen) atoms. The maximum absolute atomic E-state index is 13.2. The molecule has 0 saturated carbocycles. The number of amides is 1. The molecule has 2 aromatic rings. The van der Waals surface area contributed by atoms with E-state index in [0.29, 0.717) is 49.7 Å². The Morgan fingerprint density at radius 3 is 2.56 bits per heavy atom. The normalized spacial score (nSPS) is 14.3. The second-order valence-electron chi connectivity index (χ2n) is 6.39. The predicted octanol–water partition coefficient (Wildman–Crippen LogP) is 3.67. The number of anilines is 1. The van der Waals surface area contributed by atoms with Crippen molar-refractivity contribution in [1.29, 1.82) is 0 Å². The van der Waals surface area contributed by atoms with E-state index < -0.39 is 4.92 Å². The topological polar surface area (TPSA) is 66.7 Å². The van der Waals surface area contributed by atoms with Gasteiger partial charge in [-0.25, -0.2) is 4.39 Å².